The molecule has 0 aromatic heterocycles. The van der Waals surface area contributed by atoms with Crippen LogP contribution >= 0.6 is 0 Å². The Labute approximate surface area is 266 Å². The molecule has 0 saturated carbocycles. The number of carbonyl (C=O) groups is 2. The molecule has 5 aromatic carbocycles. The molecule has 5 heteroatoms. The van der Waals surface area contributed by atoms with Gasteiger partial charge in [0.25, 0.3) is 0 Å². The maximum Gasteiger partial charge on any atom is 0.338 e. The fourth-order valence-corrected chi connectivity index (χ4v) is 5.98. The Kier molecular flexibility index (Phi) is 9.68. The third-order valence-corrected chi connectivity index (χ3v) is 8.60. The minimum atomic E-state index is -0.438. The van der Waals surface area contributed by atoms with Gasteiger partial charge in [0.2, 0.25) is 0 Å². The van der Waals surface area contributed by atoms with Crippen LogP contribution in [0.4, 0.5) is 5.69 Å². The van der Waals surface area contributed by atoms with Gasteiger partial charge in [0, 0.05) is 5.69 Å². The molecule has 0 atom stereocenters. The maximum atomic E-state index is 13.4. The molecular weight excluding hydrogens is 558 g/mol. The summed E-state index contributed by atoms with van der Waals surface area (Å²) < 4.78 is 11.0. The first-order chi connectivity index (χ1) is 21.8. The highest BCUT2D eigenvalue weighted by molar-refractivity contribution is 6.06. The molecule has 1 N–H and O–H groups in total. The standard InChI is InChI=1S/C40H41NO4/c1-6-40(7-2,41-33-22-14-27(5)15-23-33)32-20-18-29(19-21-32)34-25-37(39(43)45-9-4)35(26-36(34)38(42)44-8-3)31-17-16-28-12-10-11-13-30(28)24-31/h10-26,41H,6-9H2,1-5H3. The van der Waals surface area contributed by atoms with Crippen molar-refractivity contribution in [1.29, 1.82) is 0 Å². The Morgan fingerprint density at radius 1 is 0.622 bits per heavy atom. The van der Waals surface area contributed by atoms with Crippen molar-refractivity contribution < 1.29 is 19.1 Å². The van der Waals surface area contributed by atoms with Crippen LogP contribution in [0.2, 0.25) is 0 Å². The topological polar surface area (TPSA) is 64.6 Å². The van der Waals surface area contributed by atoms with Gasteiger partial charge >= 0.3 is 11.9 Å². The molecule has 0 aliphatic carbocycles. The van der Waals surface area contributed by atoms with E-state index in [1.165, 1.54) is 5.56 Å². The van der Waals surface area contributed by atoms with E-state index in [9.17, 15) is 9.59 Å². The normalized spacial score (nSPS) is 11.3. The highest BCUT2D eigenvalue weighted by atomic mass is 16.5. The number of hydrogen-bond acceptors (Lipinski definition) is 5. The second-order valence-corrected chi connectivity index (χ2v) is 11.3. The number of carbonyl (C=O) groups excluding carboxylic acids is 2. The van der Waals surface area contributed by atoms with Crippen LogP contribution in [-0.4, -0.2) is 25.2 Å². The number of aryl methyl sites for hydroxylation is 1. The van der Waals surface area contributed by atoms with Crippen LogP contribution in [0.15, 0.2) is 103 Å². The lowest BCUT2D eigenvalue weighted by Gasteiger charge is -2.35. The summed E-state index contributed by atoms with van der Waals surface area (Å²) in [4.78, 5) is 26.8. The van der Waals surface area contributed by atoms with Gasteiger partial charge in [-0.25, -0.2) is 9.59 Å². The molecule has 45 heavy (non-hydrogen) atoms. The Morgan fingerprint density at radius 3 is 1.71 bits per heavy atom. The number of hydrogen-bond donors (Lipinski definition) is 1. The van der Waals surface area contributed by atoms with Gasteiger partial charge in [0.1, 0.15) is 0 Å². The summed E-state index contributed by atoms with van der Waals surface area (Å²) in [5.41, 5.74) is 6.85. The molecule has 0 saturated heterocycles. The van der Waals surface area contributed by atoms with E-state index in [0.717, 1.165) is 46.0 Å². The van der Waals surface area contributed by atoms with E-state index in [2.05, 4.69) is 62.5 Å². The van der Waals surface area contributed by atoms with E-state index in [-0.39, 0.29) is 18.8 Å². The number of esters is 2. The second kappa shape index (κ2) is 13.8. The van der Waals surface area contributed by atoms with E-state index in [0.29, 0.717) is 22.3 Å². The van der Waals surface area contributed by atoms with Crippen molar-refractivity contribution in [2.75, 3.05) is 18.5 Å². The van der Waals surface area contributed by atoms with Crippen LogP contribution in [0.25, 0.3) is 33.0 Å². The number of fused-ring (bicyclic) bond motifs is 1. The van der Waals surface area contributed by atoms with Gasteiger partial charge in [-0.2, -0.15) is 0 Å². The monoisotopic (exact) mass is 599 g/mol. The van der Waals surface area contributed by atoms with E-state index in [4.69, 9.17) is 9.47 Å². The molecule has 0 spiro atoms. The fourth-order valence-electron chi connectivity index (χ4n) is 5.98. The lowest BCUT2D eigenvalue weighted by Crippen LogP contribution is -2.34. The molecule has 230 valence electrons. The Hall–Kier alpha value is -4.90. The Bertz CT molecular complexity index is 1800. The molecule has 0 unspecified atom stereocenters. The van der Waals surface area contributed by atoms with Crippen LogP contribution in [0, 0.1) is 6.92 Å². The highest BCUT2D eigenvalue weighted by Gasteiger charge is 2.29. The number of anilines is 1. The van der Waals surface area contributed by atoms with E-state index in [1.54, 1.807) is 26.0 Å². The van der Waals surface area contributed by atoms with E-state index in [1.807, 2.05) is 54.6 Å². The first kappa shape index (κ1) is 31.5. The number of nitrogens with one attached hydrogen (secondary N) is 1. The van der Waals surface area contributed by atoms with Crippen molar-refractivity contribution in [2.45, 2.75) is 53.0 Å². The molecule has 0 aliphatic heterocycles. The average Bonchev–Trinajstić information content (AvgIpc) is 3.07. The lowest BCUT2D eigenvalue weighted by molar-refractivity contribution is 0.0513. The molecule has 0 heterocycles. The van der Waals surface area contributed by atoms with Gasteiger partial charge in [-0.15, -0.1) is 0 Å². The molecule has 0 radical (unpaired) electrons. The predicted octanol–water partition coefficient (Wildman–Crippen LogP) is 9.96. The summed E-state index contributed by atoms with van der Waals surface area (Å²) in [7, 11) is 0. The fraction of sp³-hybridized carbons (Fsp3) is 0.250. The van der Waals surface area contributed by atoms with Crippen LogP contribution in [0.5, 0.6) is 0 Å². The van der Waals surface area contributed by atoms with Crippen molar-refractivity contribution in [2.24, 2.45) is 0 Å². The molecule has 5 aromatic rings. The van der Waals surface area contributed by atoms with E-state index >= 15 is 0 Å². The molecule has 0 amide bonds. The van der Waals surface area contributed by atoms with Gasteiger partial charge in [-0.05, 0) is 103 Å². The summed E-state index contributed by atoms with van der Waals surface area (Å²) in [6.45, 7) is 10.5. The van der Waals surface area contributed by atoms with Crippen LogP contribution in [-0.2, 0) is 15.0 Å². The Balaban J connectivity index is 1.63. The maximum absolute atomic E-state index is 13.4. The summed E-state index contributed by atoms with van der Waals surface area (Å²) in [5, 5.41) is 5.91. The average molecular weight is 600 g/mol. The van der Waals surface area contributed by atoms with Crippen molar-refractivity contribution in [1.82, 2.24) is 0 Å². The third-order valence-electron chi connectivity index (χ3n) is 8.60. The van der Waals surface area contributed by atoms with Gasteiger partial charge in [-0.1, -0.05) is 92.2 Å². The third kappa shape index (κ3) is 6.63. The van der Waals surface area contributed by atoms with E-state index < -0.39 is 11.9 Å². The summed E-state index contributed by atoms with van der Waals surface area (Å²) in [6.07, 6.45) is 1.77. The number of benzene rings is 5. The largest absolute Gasteiger partial charge is 0.462 e. The van der Waals surface area contributed by atoms with Crippen LogP contribution < -0.4 is 5.32 Å². The zero-order valence-corrected chi connectivity index (χ0v) is 26.8. The van der Waals surface area contributed by atoms with Crippen LogP contribution in [0.3, 0.4) is 0 Å². The Morgan fingerprint density at radius 2 is 1.16 bits per heavy atom. The molecule has 5 rings (SSSR count). The quantitative estimate of drug-likeness (QED) is 0.153. The second-order valence-electron chi connectivity index (χ2n) is 11.3. The van der Waals surface area contributed by atoms with Gasteiger partial charge in [0.15, 0.2) is 0 Å². The predicted molar refractivity (Wildman–Crippen MR) is 184 cm³/mol. The smallest absolute Gasteiger partial charge is 0.338 e. The molecule has 0 aliphatic rings. The van der Waals surface area contributed by atoms with Gasteiger partial charge < -0.3 is 14.8 Å². The first-order valence-electron chi connectivity index (χ1n) is 15.8. The van der Waals surface area contributed by atoms with Crippen LogP contribution in [0.1, 0.15) is 72.4 Å². The molecule has 5 nitrogen and oxygen atoms in total. The van der Waals surface area contributed by atoms with Gasteiger partial charge in [-0.3, -0.25) is 0 Å². The summed E-state index contributed by atoms with van der Waals surface area (Å²) in [6, 6.07) is 34.4. The van der Waals surface area contributed by atoms with Gasteiger partial charge in [0.05, 0.1) is 29.9 Å². The summed E-state index contributed by atoms with van der Waals surface area (Å²) in [5.74, 6) is -0.876. The van der Waals surface area contributed by atoms with Crippen molar-refractivity contribution >= 4 is 28.4 Å². The zero-order chi connectivity index (χ0) is 32.0. The minimum Gasteiger partial charge on any atom is -0.462 e. The molecular formula is C40H41NO4. The molecule has 0 fully saturated rings. The van der Waals surface area contributed by atoms with Crippen molar-refractivity contribution in [3.8, 4) is 22.3 Å². The van der Waals surface area contributed by atoms with Crippen molar-refractivity contribution in [3.63, 3.8) is 0 Å². The highest BCUT2D eigenvalue weighted by Crippen LogP contribution is 2.38. The SMILES string of the molecule is CCOC(=O)c1cc(-c2ccc3ccccc3c2)c(C(=O)OCC)cc1-c1ccc(C(CC)(CC)Nc2ccc(C)cc2)cc1. The van der Waals surface area contributed by atoms with Crippen molar-refractivity contribution in [3.05, 3.63) is 125 Å². The zero-order valence-electron chi connectivity index (χ0n) is 26.8. The number of ether oxygens (including phenoxy) is 2. The number of rotatable bonds is 11. The first-order valence-corrected chi connectivity index (χ1v) is 15.8. The lowest BCUT2D eigenvalue weighted by atomic mass is 9.83. The molecule has 0 bridgehead atoms. The minimum absolute atomic E-state index is 0.238. The summed E-state index contributed by atoms with van der Waals surface area (Å²) >= 11 is 0.